The normalized spacial score (nSPS) is 11.9. The highest BCUT2D eigenvalue weighted by Crippen LogP contribution is 2.36. The summed E-state index contributed by atoms with van der Waals surface area (Å²) in [6.07, 6.45) is -9.58. The Morgan fingerprint density at radius 3 is 2.44 bits per heavy atom. The topological polar surface area (TPSA) is 101 Å². The van der Waals surface area contributed by atoms with Gasteiger partial charge in [0.05, 0.1) is 17.7 Å². The Kier molecular flexibility index (Phi) is 6.93. The van der Waals surface area contributed by atoms with Gasteiger partial charge in [-0.1, -0.05) is 12.1 Å². The lowest BCUT2D eigenvalue weighted by atomic mass is 10.1. The molecule has 0 atom stereocenters. The van der Waals surface area contributed by atoms with Crippen molar-refractivity contribution in [3.63, 3.8) is 0 Å². The van der Waals surface area contributed by atoms with E-state index in [0.29, 0.717) is 0 Å². The first kappa shape index (κ1) is 24.7. The van der Waals surface area contributed by atoms with Crippen LogP contribution in [0.4, 0.5) is 26.3 Å². The maximum Gasteiger partial charge on any atom is 0.573 e. The first-order chi connectivity index (χ1) is 15.9. The summed E-state index contributed by atoms with van der Waals surface area (Å²) in [5.41, 5.74) is -2.63. The van der Waals surface area contributed by atoms with E-state index in [2.05, 4.69) is 15.0 Å². The standard InChI is InChI=1S/C21H16F6N2O5/c22-20(23,24)13-4-1-2-5-15(13)33-9-3-8-28-18(31)16-12-10-11(34-21(25,26)27)6-7-14(12)29-19(32)17(16)30/h1-2,4-7,10,30H,3,8-9H2,(H,28,31)(H,29,32). The number of aromatic hydroxyl groups is 1. The number of ether oxygens (including phenoxy) is 2. The molecule has 7 nitrogen and oxygen atoms in total. The fraction of sp³-hybridized carbons (Fsp3) is 0.238. The summed E-state index contributed by atoms with van der Waals surface area (Å²) in [4.78, 5) is 26.7. The van der Waals surface area contributed by atoms with E-state index in [1.807, 2.05) is 0 Å². The highest BCUT2D eigenvalue weighted by Gasteiger charge is 2.34. The number of hydrogen-bond donors (Lipinski definition) is 3. The summed E-state index contributed by atoms with van der Waals surface area (Å²) in [5, 5.41) is 12.2. The smallest absolute Gasteiger partial charge is 0.502 e. The number of alkyl halides is 6. The van der Waals surface area contributed by atoms with Crippen molar-refractivity contribution in [2.24, 2.45) is 0 Å². The van der Waals surface area contributed by atoms with E-state index in [9.17, 15) is 41.0 Å². The summed E-state index contributed by atoms with van der Waals surface area (Å²) in [7, 11) is 0. The number of benzene rings is 2. The Hall–Kier alpha value is -3.90. The van der Waals surface area contributed by atoms with E-state index >= 15 is 0 Å². The van der Waals surface area contributed by atoms with Gasteiger partial charge in [0, 0.05) is 17.4 Å². The van der Waals surface area contributed by atoms with Crippen LogP contribution >= 0.6 is 0 Å². The average Bonchev–Trinajstić information content (AvgIpc) is 2.73. The Labute approximate surface area is 186 Å². The second-order valence-electron chi connectivity index (χ2n) is 6.88. The van der Waals surface area contributed by atoms with Gasteiger partial charge in [0.1, 0.15) is 11.5 Å². The van der Waals surface area contributed by atoms with Crippen molar-refractivity contribution >= 4 is 16.8 Å². The number of para-hydroxylation sites is 1. The third kappa shape index (κ3) is 5.91. The summed E-state index contributed by atoms with van der Waals surface area (Å²) >= 11 is 0. The molecule has 34 heavy (non-hydrogen) atoms. The van der Waals surface area contributed by atoms with E-state index in [4.69, 9.17) is 4.74 Å². The van der Waals surface area contributed by atoms with Crippen LogP contribution in [-0.2, 0) is 6.18 Å². The summed E-state index contributed by atoms with van der Waals surface area (Å²) in [5.74, 6) is -3.09. The fourth-order valence-corrected chi connectivity index (χ4v) is 3.06. The maximum atomic E-state index is 13.0. The van der Waals surface area contributed by atoms with Gasteiger partial charge >= 0.3 is 12.5 Å². The van der Waals surface area contributed by atoms with Crippen LogP contribution in [0.15, 0.2) is 47.3 Å². The SMILES string of the molecule is O=C(NCCCOc1ccccc1C(F)(F)F)c1c(O)c(=O)[nH]c2ccc(OC(F)(F)F)cc12. The van der Waals surface area contributed by atoms with Crippen LogP contribution in [0, 0.1) is 0 Å². The zero-order valence-corrected chi connectivity index (χ0v) is 17.0. The molecule has 1 aromatic heterocycles. The lowest BCUT2D eigenvalue weighted by Gasteiger charge is -2.14. The van der Waals surface area contributed by atoms with Gasteiger partial charge in [-0.3, -0.25) is 9.59 Å². The monoisotopic (exact) mass is 490 g/mol. The van der Waals surface area contributed by atoms with Gasteiger partial charge in [-0.15, -0.1) is 13.2 Å². The molecule has 3 N–H and O–H groups in total. The lowest BCUT2D eigenvalue weighted by Crippen LogP contribution is -2.27. The molecule has 13 heteroatoms. The number of carbonyl (C=O) groups is 1. The first-order valence-electron chi connectivity index (χ1n) is 9.59. The molecule has 0 fully saturated rings. The van der Waals surface area contributed by atoms with Crippen LogP contribution in [0.3, 0.4) is 0 Å². The number of halogens is 6. The van der Waals surface area contributed by atoms with Crippen LogP contribution in [0.25, 0.3) is 10.9 Å². The van der Waals surface area contributed by atoms with Gasteiger partial charge in [0.15, 0.2) is 5.75 Å². The van der Waals surface area contributed by atoms with Gasteiger partial charge in [-0.05, 0) is 36.8 Å². The molecule has 0 aliphatic carbocycles. The Bertz CT molecular complexity index is 1250. The summed E-state index contributed by atoms with van der Waals surface area (Å²) < 4.78 is 85.4. The van der Waals surface area contributed by atoms with E-state index in [-0.39, 0.29) is 30.5 Å². The van der Waals surface area contributed by atoms with Gasteiger partial charge in [0.2, 0.25) is 0 Å². The van der Waals surface area contributed by atoms with Crippen LogP contribution in [0.2, 0.25) is 0 Å². The highest BCUT2D eigenvalue weighted by molar-refractivity contribution is 6.08. The van der Waals surface area contributed by atoms with Crippen molar-refractivity contribution in [3.8, 4) is 17.2 Å². The third-order valence-electron chi connectivity index (χ3n) is 4.48. The molecule has 0 aliphatic rings. The zero-order valence-electron chi connectivity index (χ0n) is 17.0. The Morgan fingerprint density at radius 2 is 1.76 bits per heavy atom. The molecule has 0 saturated heterocycles. The number of H-pyrrole nitrogens is 1. The first-order valence-corrected chi connectivity index (χ1v) is 9.59. The van der Waals surface area contributed by atoms with Gasteiger partial charge in [-0.25, -0.2) is 0 Å². The highest BCUT2D eigenvalue weighted by atomic mass is 19.4. The molecular formula is C21H16F6N2O5. The fourth-order valence-electron chi connectivity index (χ4n) is 3.06. The molecule has 1 amide bonds. The number of pyridine rings is 1. The van der Waals surface area contributed by atoms with Crippen molar-refractivity contribution in [2.75, 3.05) is 13.2 Å². The number of amides is 1. The largest absolute Gasteiger partial charge is 0.573 e. The van der Waals surface area contributed by atoms with Crippen LogP contribution in [-0.4, -0.2) is 35.5 Å². The number of nitrogens with one attached hydrogen (secondary N) is 2. The van der Waals surface area contributed by atoms with E-state index < -0.39 is 52.4 Å². The summed E-state index contributed by atoms with van der Waals surface area (Å²) in [6, 6.07) is 7.38. The molecule has 2 aromatic carbocycles. The predicted molar refractivity (Wildman–Crippen MR) is 107 cm³/mol. The Morgan fingerprint density at radius 1 is 1.06 bits per heavy atom. The minimum atomic E-state index is -5.01. The quantitative estimate of drug-likeness (QED) is 0.338. The minimum Gasteiger partial charge on any atom is -0.502 e. The molecule has 0 spiro atoms. The van der Waals surface area contributed by atoms with Crippen molar-refractivity contribution in [3.05, 3.63) is 63.9 Å². The number of hydrogen-bond acceptors (Lipinski definition) is 5. The minimum absolute atomic E-state index is 0.0328. The molecule has 0 saturated carbocycles. The van der Waals surface area contributed by atoms with E-state index in [1.54, 1.807) is 0 Å². The van der Waals surface area contributed by atoms with Crippen LogP contribution in [0.5, 0.6) is 17.2 Å². The average molecular weight is 490 g/mol. The molecule has 1 heterocycles. The predicted octanol–water partition coefficient (Wildman–Crippen LogP) is 4.35. The van der Waals surface area contributed by atoms with Crippen molar-refractivity contribution in [1.29, 1.82) is 0 Å². The van der Waals surface area contributed by atoms with Gasteiger partial charge in [-0.2, -0.15) is 13.2 Å². The molecule has 0 bridgehead atoms. The van der Waals surface area contributed by atoms with Crippen molar-refractivity contribution in [2.45, 2.75) is 19.0 Å². The number of aromatic amines is 1. The summed E-state index contributed by atoms with van der Waals surface area (Å²) in [6.45, 7) is -0.349. The van der Waals surface area contributed by atoms with Crippen molar-refractivity contribution < 1.29 is 45.7 Å². The molecule has 182 valence electrons. The van der Waals surface area contributed by atoms with E-state index in [1.165, 1.54) is 12.1 Å². The van der Waals surface area contributed by atoms with Crippen LogP contribution in [0.1, 0.15) is 22.3 Å². The third-order valence-corrected chi connectivity index (χ3v) is 4.48. The molecule has 3 rings (SSSR count). The number of fused-ring (bicyclic) bond motifs is 1. The molecule has 3 aromatic rings. The van der Waals surface area contributed by atoms with E-state index in [0.717, 1.165) is 30.3 Å². The zero-order chi connectivity index (χ0) is 25.1. The molecule has 0 unspecified atom stereocenters. The molecule has 0 radical (unpaired) electrons. The van der Waals surface area contributed by atoms with Gasteiger partial charge in [0.25, 0.3) is 11.5 Å². The number of aromatic nitrogens is 1. The number of carbonyl (C=O) groups excluding carboxylic acids is 1. The van der Waals surface area contributed by atoms with Crippen LogP contribution < -0.4 is 20.3 Å². The second kappa shape index (κ2) is 9.53. The molecule has 0 aliphatic heterocycles. The van der Waals surface area contributed by atoms with Gasteiger partial charge < -0.3 is 24.9 Å². The lowest BCUT2D eigenvalue weighted by molar-refractivity contribution is -0.274. The maximum absolute atomic E-state index is 13.0. The Balaban J connectivity index is 1.71. The van der Waals surface area contributed by atoms with Crippen molar-refractivity contribution in [1.82, 2.24) is 10.3 Å². The number of rotatable bonds is 7. The molecular weight excluding hydrogens is 474 g/mol. The second-order valence-corrected chi connectivity index (χ2v) is 6.88.